The van der Waals surface area contributed by atoms with Gasteiger partial charge in [0.2, 0.25) is 0 Å². The second-order valence-electron chi connectivity index (χ2n) is 12.0. The standard InChI is InChI=1S/C28H38O8/c1-13(2)16(5)24(33)35-23-14(3)10-26-15(4)11-27(36-17(6)30)20(25(27,7)8)19(22(26)32)9-18(12-29)21(31)28(23,26)34/h9-10,15,19-21,23,29,31,34H,11-12H2,1-8H3/t15-,19+,20-,21-,23+,26+,27+,28+/m1/s1. The van der Waals surface area contributed by atoms with Crippen molar-refractivity contribution in [1.82, 2.24) is 0 Å². The van der Waals surface area contributed by atoms with Gasteiger partial charge in [0, 0.05) is 29.7 Å². The summed E-state index contributed by atoms with van der Waals surface area (Å²) in [5, 5.41) is 34.3. The summed E-state index contributed by atoms with van der Waals surface area (Å²) >= 11 is 0. The van der Waals surface area contributed by atoms with Gasteiger partial charge in [0.15, 0.2) is 17.5 Å². The van der Waals surface area contributed by atoms with E-state index in [1.165, 1.54) is 13.0 Å². The van der Waals surface area contributed by atoms with Gasteiger partial charge >= 0.3 is 11.9 Å². The molecule has 0 amide bonds. The number of hydrogen-bond acceptors (Lipinski definition) is 8. The van der Waals surface area contributed by atoms with Crippen LogP contribution >= 0.6 is 0 Å². The van der Waals surface area contributed by atoms with E-state index < -0.39 is 70.5 Å². The highest BCUT2D eigenvalue weighted by Crippen LogP contribution is 2.75. The molecule has 0 unspecified atom stereocenters. The van der Waals surface area contributed by atoms with E-state index >= 15 is 0 Å². The van der Waals surface area contributed by atoms with Crippen LogP contribution in [0.4, 0.5) is 0 Å². The Kier molecular flexibility index (Phi) is 6.02. The molecule has 2 bridgehead atoms. The average Bonchev–Trinajstić information content (AvgIpc) is 3.17. The Morgan fingerprint density at radius 3 is 2.31 bits per heavy atom. The molecule has 0 saturated heterocycles. The van der Waals surface area contributed by atoms with Crippen molar-refractivity contribution in [1.29, 1.82) is 0 Å². The van der Waals surface area contributed by atoms with E-state index in [2.05, 4.69) is 0 Å². The monoisotopic (exact) mass is 502 g/mol. The van der Waals surface area contributed by atoms with Crippen molar-refractivity contribution in [2.24, 2.45) is 28.6 Å². The maximum Gasteiger partial charge on any atom is 0.334 e. The molecule has 0 aromatic carbocycles. The molecule has 2 saturated carbocycles. The van der Waals surface area contributed by atoms with Crippen molar-refractivity contribution < 1.29 is 39.2 Å². The molecule has 0 radical (unpaired) electrons. The van der Waals surface area contributed by atoms with E-state index in [1.54, 1.807) is 40.7 Å². The second kappa shape index (κ2) is 8.10. The van der Waals surface area contributed by atoms with Crippen molar-refractivity contribution in [3.8, 4) is 0 Å². The van der Waals surface area contributed by atoms with Gasteiger partial charge in [-0.3, -0.25) is 9.59 Å². The number of aliphatic hydroxyl groups is 3. The van der Waals surface area contributed by atoms with Gasteiger partial charge in [0.1, 0.15) is 11.7 Å². The third-order valence-electron chi connectivity index (χ3n) is 9.63. The summed E-state index contributed by atoms with van der Waals surface area (Å²) in [4.78, 5) is 39.6. The van der Waals surface area contributed by atoms with E-state index in [4.69, 9.17) is 9.47 Å². The van der Waals surface area contributed by atoms with Crippen LogP contribution in [-0.2, 0) is 23.9 Å². The van der Waals surface area contributed by atoms with Crippen LogP contribution in [0.2, 0.25) is 0 Å². The summed E-state index contributed by atoms with van der Waals surface area (Å²) in [6.45, 7) is 13.2. The van der Waals surface area contributed by atoms with Gasteiger partial charge in [-0.05, 0) is 51.2 Å². The van der Waals surface area contributed by atoms with E-state index in [9.17, 15) is 29.7 Å². The highest BCUT2D eigenvalue weighted by atomic mass is 16.6. The molecule has 8 nitrogen and oxygen atoms in total. The Balaban J connectivity index is 1.94. The molecule has 4 aliphatic rings. The number of carbonyl (C=O) groups is 3. The number of rotatable bonds is 4. The third kappa shape index (κ3) is 3.07. The maximum atomic E-state index is 14.5. The Morgan fingerprint density at radius 2 is 1.78 bits per heavy atom. The molecule has 198 valence electrons. The average molecular weight is 503 g/mol. The maximum absolute atomic E-state index is 14.5. The van der Waals surface area contributed by atoms with Crippen LogP contribution in [0, 0.1) is 28.6 Å². The first-order valence-electron chi connectivity index (χ1n) is 12.5. The van der Waals surface area contributed by atoms with Gasteiger partial charge in [-0.2, -0.15) is 0 Å². The minimum absolute atomic E-state index is 0.0781. The van der Waals surface area contributed by atoms with Crippen LogP contribution < -0.4 is 0 Å². The fraction of sp³-hybridized carbons (Fsp3) is 0.679. The smallest absolute Gasteiger partial charge is 0.334 e. The molecule has 0 heterocycles. The van der Waals surface area contributed by atoms with Crippen molar-refractivity contribution in [3.05, 3.63) is 34.4 Å². The molecule has 8 heteroatoms. The number of ether oxygens (including phenoxy) is 2. The van der Waals surface area contributed by atoms with E-state index in [1.807, 2.05) is 13.8 Å². The molecule has 0 aromatic heterocycles. The number of hydrogen-bond donors (Lipinski definition) is 3. The number of allylic oxidation sites excluding steroid dienone is 2. The lowest BCUT2D eigenvalue weighted by molar-refractivity contribution is -0.202. The first-order chi connectivity index (χ1) is 16.5. The fourth-order valence-electron chi connectivity index (χ4n) is 7.55. The Labute approximate surface area is 212 Å². The van der Waals surface area contributed by atoms with E-state index in [0.717, 1.165) is 5.57 Å². The molecule has 3 N–H and O–H groups in total. The van der Waals surface area contributed by atoms with Crippen LogP contribution in [0.25, 0.3) is 0 Å². The zero-order valence-electron chi connectivity index (χ0n) is 22.3. The quantitative estimate of drug-likeness (QED) is 0.304. The van der Waals surface area contributed by atoms with Gasteiger partial charge in [-0.15, -0.1) is 0 Å². The normalized spacial score (nSPS) is 42.1. The molecule has 0 aliphatic heterocycles. The van der Waals surface area contributed by atoms with Gasteiger partial charge < -0.3 is 24.8 Å². The summed E-state index contributed by atoms with van der Waals surface area (Å²) in [6.07, 6.45) is 0.465. The fourth-order valence-corrected chi connectivity index (χ4v) is 7.55. The summed E-state index contributed by atoms with van der Waals surface area (Å²) < 4.78 is 11.7. The second-order valence-corrected chi connectivity index (χ2v) is 12.0. The summed E-state index contributed by atoms with van der Waals surface area (Å²) in [7, 11) is 0. The third-order valence-corrected chi connectivity index (χ3v) is 9.63. The summed E-state index contributed by atoms with van der Waals surface area (Å²) in [5.41, 5.74) is -3.75. The van der Waals surface area contributed by atoms with Gasteiger partial charge in [0.25, 0.3) is 0 Å². The summed E-state index contributed by atoms with van der Waals surface area (Å²) in [6, 6.07) is 0. The minimum atomic E-state index is -2.26. The number of aliphatic hydroxyl groups excluding tert-OH is 2. The van der Waals surface area contributed by atoms with Crippen LogP contribution in [0.1, 0.15) is 61.8 Å². The lowest BCUT2D eigenvalue weighted by atomic mass is 9.59. The van der Waals surface area contributed by atoms with Crippen molar-refractivity contribution in [3.63, 3.8) is 0 Å². The Morgan fingerprint density at radius 1 is 1.17 bits per heavy atom. The van der Waals surface area contributed by atoms with Gasteiger partial charge in [-0.1, -0.05) is 38.5 Å². The Bertz CT molecular complexity index is 1120. The zero-order valence-corrected chi connectivity index (χ0v) is 22.3. The minimum Gasteiger partial charge on any atom is -0.458 e. The predicted molar refractivity (Wildman–Crippen MR) is 130 cm³/mol. The zero-order chi connectivity index (χ0) is 27.2. The first-order valence-corrected chi connectivity index (χ1v) is 12.5. The SMILES string of the molecule is CC(=O)O[C@@]12C[C@@H](C)[C@]34C=C(C)[C@H](OC(=O)C(C)=C(C)C)[C@@]3(O)[C@H](O)C(CO)=C[C@H](C4=O)[C@@H]1C2(C)C. The number of Topliss-reactive ketones (excluding diaryl/α,β-unsaturated/α-hetero) is 1. The molecule has 8 atom stereocenters. The molecular weight excluding hydrogens is 464 g/mol. The van der Waals surface area contributed by atoms with Crippen LogP contribution in [0.3, 0.4) is 0 Å². The lowest BCUT2D eigenvalue weighted by Crippen LogP contribution is -2.66. The lowest BCUT2D eigenvalue weighted by Gasteiger charge is -2.49. The molecule has 4 aliphatic carbocycles. The summed E-state index contributed by atoms with van der Waals surface area (Å²) in [5.74, 6) is -3.26. The first kappa shape index (κ1) is 26.8. The molecule has 0 aromatic rings. The Hall–Kier alpha value is -2.29. The molecule has 2 fully saturated rings. The van der Waals surface area contributed by atoms with Crippen LogP contribution in [0.5, 0.6) is 0 Å². The van der Waals surface area contributed by atoms with Crippen LogP contribution in [0.15, 0.2) is 34.4 Å². The number of fused-ring (bicyclic) bond motifs is 3. The topological polar surface area (TPSA) is 130 Å². The van der Waals surface area contributed by atoms with E-state index in [-0.39, 0.29) is 17.8 Å². The number of carbonyl (C=O) groups excluding carboxylic acids is 3. The highest BCUT2D eigenvalue weighted by Gasteiger charge is 2.83. The molecular formula is C28H38O8. The van der Waals surface area contributed by atoms with Crippen molar-refractivity contribution >= 4 is 17.7 Å². The molecule has 1 spiro atoms. The van der Waals surface area contributed by atoms with E-state index in [0.29, 0.717) is 11.1 Å². The molecule has 36 heavy (non-hydrogen) atoms. The number of esters is 2. The molecule has 4 rings (SSSR count). The van der Waals surface area contributed by atoms with Crippen molar-refractivity contribution in [2.75, 3.05) is 6.61 Å². The highest BCUT2D eigenvalue weighted by molar-refractivity contribution is 5.96. The number of ketones is 1. The van der Waals surface area contributed by atoms with Gasteiger partial charge in [0.05, 0.1) is 12.0 Å². The van der Waals surface area contributed by atoms with Crippen molar-refractivity contribution in [2.45, 2.75) is 85.2 Å². The largest absolute Gasteiger partial charge is 0.458 e. The predicted octanol–water partition coefficient (Wildman–Crippen LogP) is 2.41. The van der Waals surface area contributed by atoms with Crippen LogP contribution in [-0.4, -0.2) is 63.1 Å². The van der Waals surface area contributed by atoms with Gasteiger partial charge in [-0.25, -0.2) is 4.79 Å².